The zero-order valence-corrected chi connectivity index (χ0v) is 20.7. The fraction of sp³-hybridized carbons (Fsp3) is 0.567. The number of carbonyl (C=O) groups is 1. The molecule has 1 amide bonds. The van der Waals surface area contributed by atoms with Crippen LogP contribution in [0.2, 0.25) is 0 Å². The Labute approximate surface area is 204 Å². The van der Waals surface area contributed by atoms with Crippen LogP contribution in [0.4, 0.5) is 0 Å². The van der Waals surface area contributed by atoms with Crippen molar-refractivity contribution in [1.82, 2.24) is 9.80 Å². The Balaban J connectivity index is 1.27. The number of phenolic OH excluding ortho intramolecular Hbond substituents is 1. The van der Waals surface area contributed by atoms with Gasteiger partial charge in [0.05, 0.1) is 5.41 Å². The van der Waals surface area contributed by atoms with E-state index in [0.29, 0.717) is 29.5 Å². The number of hydrogen-bond donors (Lipinski definition) is 1. The monoisotopic (exact) mass is 458 g/mol. The maximum Gasteiger partial charge on any atom is 0.233 e. The van der Waals surface area contributed by atoms with Crippen molar-refractivity contribution in [2.24, 2.45) is 11.8 Å². The largest absolute Gasteiger partial charge is 0.508 e. The third kappa shape index (κ3) is 3.32. The van der Waals surface area contributed by atoms with Crippen LogP contribution in [-0.4, -0.2) is 53.0 Å². The third-order valence-corrected chi connectivity index (χ3v) is 9.98. The molecular weight excluding hydrogens is 420 g/mol. The highest BCUT2D eigenvalue weighted by Crippen LogP contribution is 2.57. The van der Waals surface area contributed by atoms with Gasteiger partial charge in [0.25, 0.3) is 0 Å². The molecule has 34 heavy (non-hydrogen) atoms. The van der Waals surface area contributed by atoms with E-state index in [0.717, 1.165) is 58.3 Å². The van der Waals surface area contributed by atoms with Crippen molar-refractivity contribution >= 4 is 5.91 Å². The molecular formula is C30H38N2O2. The van der Waals surface area contributed by atoms with Gasteiger partial charge in [-0.05, 0) is 91.1 Å². The summed E-state index contributed by atoms with van der Waals surface area (Å²) < 4.78 is 0. The maximum atomic E-state index is 13.9. The van der Waals surface area contributed by atoms with Gasteiger partial charge in [-0.2, -0.15) is 0 Å². The Morgan fingerprint density at radius 2 is 1.82 bits per heavy atom. The Hall–Kier alpha value is -2.33. The average molecular weight is 459 g/mol. The molecule has 2 aliphatic heterocycles. The number of phenols is 1. The molecule has 4 aliphatic rings. The van der Waals surface area contributed by atoms with E-state index in [2.05, 4.69) is 60.0 Å². The van der Waals surface area contributed by atoms with E-state index < -0.39 is 0 Å². The smallest absolute Gasteiger partial charge is 0.233 e. The molecule has 1 unspecified atom stereocenters. The molecule has 1 saturated carbocycles. The van der Waals surface area contributed by atoms with Crippen LogP contribution in [-0.2, 0) is 22.0 Å². The summed E-state index contributed by atoms with van der Waals surface area (Å²) in [6.07, 6.45) is 6.65. The van der Waals surface area contributed by atoms with Crippen LogP contribution in [0.5, 0.6) is 5.75 Å². The summed E-state index contributed by atoms with van der Waals surface area (Å²) in [6.45, 7) is 8.72. The van der Waals surface area contributed by atoms with Gasteiger partial charge >= 0.3 is 0 Å². The maximum absolute atomic E-state index is 13.9. The van der Waals surface area contributed by atoms with Crippen molar-refractivity contribution in [3.05, 3.63) is 65.2 Å². The first-order chi connectivity index (χ1) is 16.4. The van der Waals surface area contributed by atoms with E-state index in [9.17, 15) is 9.90 Å². The number of hydrogen-bond acceptors (Lipinski definition) is 3. The normalized spacial score (nSPS) is 35.0. The first-order valence-corrected chi connectivity index (χ1v) is 13.3. The Kier molecular flexibility index (Phi) is 5.29. The van der Waals surface area contributed by atoms with Crippen molar-refractivity contribution in [2.75, 3.05) is 26.2 Å². The number of piperidine rings is 2. The van der Waals surface area contributed by atoms with E-state index in [1.165, 1.54) is 23.1 Å². The number of aromatic hydroxyl groups is 1. The Morgan fingerprint density at radius 3 is 2.59 bits per heavy atom. The topological polar surface area (TPSA) is 43.8 Å². The van der Waals surface area contributed by atoms with Gasteiger partial charge in [-0.3, -0.25) is 9.69 Å². The fourth-order valence-electron chi connectivity index (χ4n) is 7.61. The number of carbonyl (C=O) groups excluding carboxylic acids is 1. The van der Waals surface area contributed by atoms with Gasteiger partial charge in [0.2, 0.25) is 5.91 Å². The molecule has 6 rings (SSSR count). The zero-order valence-electron chi connectivity index (χ0n) is 20.7. The highest BCUT2D eigenvalue weighted by atomic mass is 16.3. The van der Waals surface area contributed by atoms with E-state index in [1.54, 1.807) is 0 Å². The van der Waals surface area contributed by atoms with E-state index in [1.807, 2.05) is 12.1 Å². The lowest BCUT2D eigenvalue weighted by Gasteiger charge is -2.55. The predicted octanol–water partition coefficient (Wildman–Crippen LogP) is 4.89. The molecule has 0 radical (unpaired) electrons. The highest BCUT2D eigenvalue weighted by Gasteiger charge is 2.63. The molecule has 3 fully saturated rings. The predicted molar refractivity (Wildman–Crippen MR) is 135 cm³/mol. The summed E-state index contributed by atoms with van der Waals surface area (Å²) in [6, 6.07) is 17.1. The van der Waals surface area contributed by atoms with Gasteiger partial charge in [0.15, 0.2) is 0 Å². The summed E-state index contributed by atoms with van der Waals surface area (Å²) in [5.41, 5.74) is 3.73. The van der Waals surface area contributed by atoms with Gasteiger partial charge in [0.1, 0.15) is 5.75 Å². The first kappa shape index (κ1) is 22.2. The molecule has 2 saturated heterocycles. The summed E-state index contributed by atoms with van der Waals surface area (Å²) in [5, 5.41) is 10.1. The lowest BCUT2D eigenvalue weighted by Crippen LogP contribution is -2.58. The van der Waals surface area contributed by atoms with Crippen LogP contribution in [0.3, 0.4) is 0 Å². The second-order valence-electron chi connectivity index (χ2n) is 11.7. The second kappa shape index (κ2) is 8.12. The van der Waals surface area contributed by atoms with Crippen LogP contribution in [0, 0.1) is 11.8 Å². The summed E-state index contributed by atoms with van der Waals surface area (Å²) >= 11 is 0. The van der Waals surface area contributed by atoms with Gasteiger partial charge < -0.3 is 10.0 Å². The average Bonchev–Trinajstić information content (AvgIpc) is 3.59. The molecule has 2 bridgehead atoms. The number of fused-ring (bicyclic) bond motifs is 4. The number of amides is 1. The van der Waals surface area contributed by atoms with Crippen molar-refractivity contribution in [3.8, 4) is 5.75 Å². The molecule has 2 aromatic carbocycles. The molecule has 0 aromatic heterocycles. The minimum absolute atomic E-state index is 0.108. The van der Waals surface area contributed by atoms with Crippen molar-refractivity contribution in [3.63, 3.8) is 0 Å². The van der Waals surface area contributed by atoms with Crippen LogP contribution in [0.15, 0.2) is 48.5 Å². The minimum atomic E-state index is -0.332. The van der Waals surface area contributed by atoms with E-state index in [-0.39, 0.29) is 10.8 Å². The quantitative estimate of drug-likeness (QED) is 0.710. The summed E-state index contributed by atoms with van der Waals surface area (Å²) in [5.74, 6) is 1.68. The molecule has 5 atom stereocenters. The minimum Gasteiger partial charge on any atom is -0.508 e. The standard InChI is InChI=1S/C30H38N2O2/c1-21-27-17-22-11-12-25(33)18-26(22)29(21,2)13-16-32(27)20-24-19-30(24,23-9-5-3-6-10-23)28(34)31-14-7-4-8-15-31/h3,5-6,9-12,18,21,24,27,33H,4,7-8,13-17,19-20H2,1-2H3/t21-,24-,27?,29+,30+/m0/s1. The van der Waals surface area contributed by atoms with Gasteiger partial charge in [-0.15, -0.1) is 0 Å². The van der Waals surface area contributed by atoms with E-state index in [4.69, 9.17) is 0 Å². The Bertz CT molecular complexity index is 1080. The third-order valence-electron chi connectivity index (χ3n) is 9.98. The number of benzene rings is 2. The summed E-state index contributed by atoms with van der Waals surface area (Å²) in [4.78, 5) is 18.8. The highest BCUT2D eigenvalue weighted by molar-refractivity contribution is 5.92. The molecule has 2 heterocycles. The molecule has 4 heteroatoms. The first-order valence-electron chi connectivity index (χ1n) is 13.3. The van der Waals surface area contributed by atoms with Crippen LogP contribution >= 0.6 is 0 Å². The number of rotatable bonds is 4. The molecule has 4 nitrogen and oxygen atoms in total. The number of likely N-dealkylation sites (tertiary alicyclic amines) is 2. The van der Waals surface area contributed by atoms with Gasteiger partial charge in [0, 0.05) is 25.7 Å². The van der Waals surface area contributed by atoms with Crippen LogP contribution in [0.1, 0.15) is 62.6 Å². The lowest BCUT2D eigenvalue weighted by molar-refractivity contribution is -0.135. The molecule has 2 aromatic rings. The molecule has 1 N–H and O–H groups in total. The van der Waals surface area contributed by atoms with Gasteiger partial charge in [-0.25, -0.2) is 0 Å². The van der Waals surface area contributed by atoms with Gasteiger partial charge in [-0.1, -0.05) is 50.2 Å². The van der Waals surface area contributed by atoms with E-state index >= 15 is 0 Å². The van der Waals surface area contributed by atoms with Crippen LogP contribution < -0.4 is 0 Å². The SMILES string of the molecule is C[C@H]1C2Cc3ccc(O)cc3[C@]1(C)CCN2C[C@@H]1C[C@@]1(C(=O)N1CCCCC1)c1ccccc1. The fourth-order valence-corrected chi connectivity index (χ4v) is 7.61. The van der Waals surface area contributed by atoms with Crippen molar-refractivity contribution in [2.45, 2.75) is 69.2 Å². The summed E-state index contributed by atoms with van der Waals surface area (Å²) in [7, 11) is 0. The molecule has 180 valence electrons. The van der Waals surface area contributed by atoms with Crippen molar-refractivity contribution < 1.29 is 9.90 Å². The van der Waals surface area contributed by atoms with Crippen molar-refractivity contribution in [1.29, 1.82) is 0 Å². The van der Waals surface area contributed by atoms with Crippen LogP contribution in [0.25, 0.3) is 0 Å². The molecule has 2 aliphatic carbocycles. The molecule has 0 spiro atoms. The Morgan fingerprint density at radius 1 is 1.06 bits per heavy atom. The second-order valence-corrected chi connectivity index (χ2v) is 11.7. The zero-order chi connectivity index (χ0) is 23.5. The number of nitrogens with zero attached hydrogens (tertiary/aromatic N) is 2. The lowest BCUT2D eigenvalue weighted by atomic mass is 9.59.